The Hall–Kier alpha value is -1.37. The molecule has 2 heterocycles. The highest BCUT2D eigenvalue weighted by atomic mass is 32.2. The maximum absolute atomic E-state index is 12.5. The van der Waals surface area contributed by atoms with Crippen LogP contribution in [0.2, 0.25) is 0 Å². The molecule has 2 aliphatic rings. The summed E-state index contributed by atoms with van der Waals surface area (Å²) in [4.78, 5) is 14.8. The fraction of sp³-hybridized carbons (Fsp3) is 0.375. The van der Waals surface area contributed by atoms with Gasteiger partial charge in [-0.1, -0.05) is 36.1 Å². The van der Waals surface area contributed by atoms with Gasteiger partial charge >= 0.3 is 0 Å². The normalized spacial score (nSPS) is 23.6. The summed E-state index contributed by atoms with van der Waals surface area (Å²) >= 11 is 6.69. The van der Waals surface area contributed by atoms with Gasteiger partial charge in [-0.3, -0.25) is 9.69 Å². The van der Waals surface area contributed by atoms with Crippen molar-refractivity contribution >= 4 is 40.3 Å². The van der Waals surface area contributed by atoms with Gasteiger partial charge in [-0.25, -0.2) is 0 Å². The first-order chi connectivity index (χ1) is 10.7. The van der Waals surface area contributed by atoms with Gasteiger partial charge in [0.15, 0.2) is 0 Å². The number of thiocarbonyl (C=S) groups is 1. The molecule has 0 aromatic heterocycles. The molecule has 2 aliphatic heterocycles. The molecule has 22 heavy (non-hydrogen) atoms. The average molecular weight is 335 g/mol. The fourth-order valence-electron chi connectivity index (χ4n) is 2.53. The summed E-state index contributed by atoms with van der Waals surface area (Å²) in [5.74, 6) is 0.733. The van der Waals surface area contributed by atoms with Crippen LogP contribution < -0.4 is 4.74 Å². The first-order valence-corrected chi connectivity index (χ1v) is 8.41. The SMILES string of the molecule is COc1cccc(/C=C2\SC(=S)N(C[C@@H]3CCCO3)C2=O)c1. The van der Waals surface area contributed by atoms with Gasteiger partial charge < -0.3 is 9.47 Å². The number of carbonyl (C=O) groups is 1. The third-order valence-electron chi connectivity index (χ3n) is 3.68. The lowest BCUT2D eigenvalue weighted by atomic mass is 10.2. The van der Waals surface area contributed by atoms with Crippen LogP contribution in [0.3, 0.4) is 0 Å². The maximum Gasteiger partial charge on any atom is 0.266 e. The van der Waals surface area contributed by atoms with Gasteiger partial charge in [-0.2, -0.15) is 0 Å². The van der Waals surface area contributed by atoms with Gasteiger partial charge in [0.25, 0.3) is 5.91 Å². The van der Waals surface area contributed by atoms with Crippen LogP contribution in [0.15, 0.2) is 29.2 Å². The predicted molar refractivity (Wildman–Crippen MR) is 91.8 cm³/mol. The molecule has 0 radical (unpaired) electrons. The molecule has 0 bridgehead atoms. The van der Waals surface area contributed by atoms with Crippen LogP contribution in [0.25, 0.3) is 6.08 Å². The number of thioether (sulfide) groups is 1. The lowest BCUT2D eigenvalue weighted by Gasteiger charge is -2.18. The summed E-state index contributed by atoms with van der Waals surface area (Å²) in [6.07, 6.45) is 4.02. The Morgan fingerprint density at radius 2 is 2.41 bits per heavy atom. The zero-order chi connectivity index (χ0) is 15.5. The predicted octanol–water partition coefficient (Wildman–Crippen LogP) is 3.08. The minimum absolute atomic E-state index is 0.0340. The number of hydrogen-bond donors (Lipinski definition) is 0. The van der Waals surface area contributed by atoms with Gasteiger partial charge in [0.05, 0.1) is 24.7 Å². The number of carbonyl (C=O) groups excluding carboxylic acids is 1. The molecule has 0 aliphatic carbocycles. The highest BCUT2D eigenvalue weighted by Crippen LogP contribution is 2.33. The van der Waals surface area contributed by atoms with Gasteiger partial charge in [0.1, 0.15) is 10.1 Å². The third-order valence-corrected chi connectivity index (χ3v) is 5.05. The largest absolute Gasteiger partial charge is 0.497 e. The van der Waals surface area contributed by atoms with E-state index in [1.165, 1.54) is 11.8 Å². The Balaban J connectivity index is 1.75. The molecule has 1 atom stereocenters. The zero-order valence-corrected chi connectivity index (χ0v) is 13.9. The molecular formula is C16H17NO3S2. The summed E-state index contributed by atoms with van der Waals surface area (Å²) in [6.45, 7) is 1.33. The topological polar surface area (TPSA) is 38.8 Å². The van der Waals surface area contributed by atoms with E-state index < -0.39 is 0 Å². The van der Waals surface area contributed by atoms with Crippen molar-refractivity contribution in [2.24, 2.45) is 0 Å². The second-order valence-corrected chi connectivity index (χ2v) is 6.88. The maximum atomic E-state index is 12.5. The van der Waals surface area contributed by atoms with Crippen LogP contribution in [-0.2, 0) is 9.53 Å². The zero-order valence-electron chi connectivity index (χ0n) is 12.3. The van der Waals surface area contributed by atoms with Crippen LogP contribution in [0.5, 0.6) is 5.75 Å². The van der Waals surface area contributed by atoms with Crippen LogP contribution in [0.4, 0.5) is 0 Å². The number of benzene rings is 1. The fourth-order valence-corrected chi connectivity index (χ4v) is 3.81. The molecule has 2 fully saturated rings. The Kier molecular flexibility index (Phi) is 4.81. The van der Waals surface area contributed by atoms with E-state index in [9.17, 15) is 4.79 Å². The van der Waals surface area contributed by atoms with Crippen molar-refractivity contribution < 1.29 is 14.3 Å². The van der Waals surface area contributed by atoms with E-state index in [4.69, 9.17) is 21.7 Å². The minimum atomic E-state index is -0.0340. The number of nitrogens with zero attached hydrogens (tertiary/aromatic N) is 1. The molecule has 1 amide bonds. The van der Waals surface area contributed by atoms with Crippen molar-refractivity contribution in [1.29, 1.82) is 0 Å². The number of rotatable bonds is 4. The van der Waals surface area contributed by atoms with Gasteiger partial charge in [0.2, 0.25) is 0 Å². The molecule has 116 valence electrons. The van der Waals surface area contributed by atoms with E-state index in [0.29, 0.717) is 15.8 Å². The first-order valence-electron chi connectivity index (χ1n) is 7.18. The van der Waals surface area contributed by atoms with Crippen molar-refractivity contribution in [2.75, 3.05) is 20.3 Å². The molecule has 4 nitrogen and oxygen atoms in total. The van der Waals surface area contributed by atoms with E-state index in [-0.39, 0.29) is 12.0 Å². The first kappa shape index (κ1) is 15.5. The highest BCUT2D eigenvalue weighted by molar-refractivity contribution is 8.26. The van der Waals surface area contributed by atoms with Gasteiger partial charge in [-0.05, 0) is 36.6 Å². The molecule has 1 aromatic rings. The molecule has 0 N–H and O–H groups in total. The minimum Gasteiger partial charge on any atom is -0.497 e. The van der Waals surface area contributed by atoms with Crippen LogP contribution >= 0.6 is 24.0 Å². The number of ether oxygens (including phenoxy) is 2. The van der Waals surface area contributed by atoms with Crippen LogP contribution in [0.1, 0.15) is 18.4 Å². The van der Waals surface area contributed by atoms with Crippen LogP contribution in [0, 0.1) is 0 Å². The van der Waals surface area contributed by atoms with Gasteiger partial charge in [-0.15, -0.1) is 0 Å². The molecule has 0 saturated carbocycles. The summed E-state index contributed by atoms with van der Waals surface area (Å²) in [5.41, 5.74) is 0.928. The summed E-state index contributed by atoms with van der Waals surface area (Å²) in [6, 6.07) is 7.61. The highest BCUT2D eigenvalue weighted by Gasteiger charge is 2.34. The van der Waals surface area contributed by atoms with E-state index in [0.717, 1.165) is 30.8 Å². The Morgan fingerprint density at radius 3 is 3.14 bits per heavy atom. The van der Waals surface area contributed by atoms with Crippen molar-refractivity contribution in [3.05, 3.63) is 34.7 Å². The molecular weight excluding hydrogens is 318 g/mol. The van der Waals surface area contributed by atoms with E-state index in [1.807, 2.05) is 30.3 Å². The molecule has 0 spiro atoms. The van der Waals surface area contributed by atoms with Crippen molar-refractivity contribution in [3.8, 4) is 5.75 Å². The van der Waals surface area contributed by atoms with E-state index in [2.05, 4.69) is 0 Å². The van der Waals surface area contributed by atoms with Crippen molar-refractivity contribution in [2.45, 2.75) is 18.9 Å². The lowest BCUT2D eigenvalue weighted by Crippen LogP contribution is -2.35. The number of amides is 1. The molecule has 3 rings (SSSR count). The van der Waals surface area contributed by atoms with E-state index >= 15 is 0 Å². The summed E-state index contributed by atoms with van der Waals surface area (Å²) < 4.78 is 11.4. The van der Waals surface area contributed by atoms with Crippen molar-refractivity contribution in [3.63, 3.8) is 0 Å². The Morgan fingerprint density at radius 1 is 1.55 bits per heavy atom. The molecule has 2 saturated heterocycles. The Bertz CT molecular complexity index is 624. The monoisotopic (exact) mass is 335 g/mol. The lowest BCUT2D eigenvalue weighted by molar-refractivity contribution is -0.123. The van der Waals surface area contributed by atoms with Crippen LogP contribution in [-0.4, -0.2) is 41.5 Å². The second-order valence-electron chi connectivity index (χ2n) is 5.20. The summed E-state index contributed by atoms with van der Waals surface area (Å²) in [7, 11) is 1.63. The molecule has 6 heteroatoms. The molecule has 1 aromatic carbocycles. The Labute approximate surface area is 139 Å². The third kappa shape index (κ3) is 3.34. The number of methoxy groups -OCH3 is 1. The van der Waals surface area contributed by atoms with Gasteiger partial charge in [0, 0.05) is 6.61 Å². The quantitative estimate of drug-likeness (QED) is 0.624. The smallest absolute Gasteiger partial charge is 0.266 e. The standard InChI is InChI=1S/C16H17NO3S2/c1-19-12-5-2-4-11(8-12)9-14-15(18)17(16(21)22-14)10-13-6-3-7-20-13/h2,4-5,8-9,13H,3,6-7,10H2,1H3/b14-9-/t13-/m0/s1. The summed E-state index contributed by atoms with van der Waals surface area (Å²) in [5, 5.41) is 0. The number of hydrogen-bond acceptors (Lipinski definition) is 5. The second kappa shape index (κ2) is 6.81. The van der Waals surface area contributed by atoms with Crippen molar-refractivity contribution in [1.82, 2.24) is 4.90 Å². The average Bonchev–Trinajstić information content (AvgIpc) is 3.12. The van der Waals surface area contributed by atoms with E-state index in [1.54, 1.807) is 12.0 Å². The molecule has 0 unspecified atom stereocenters.